The Balaban J connectivity index is 1.79. The lowest BCUT2D eigenvalue weighted by molar-refractivity contribution is -0.133. The van der Waals surface area contributed by atoms with E-state index in [-0.39, 0.29) is 17.9 Å². The molecule has 0 aromatic heterocycles. The van der Waals surface area contributed by atoms with Crippen molar-refractivity contribution in [3.05, 3.63) is 29.8 Å². The Morgan fingerprint density at radius 1 is 1.29 bits per heavy atom. The van der Waals surface area contributed by atoms with E-state index in [4.69, 9.17) is 4.99 Å². The number of amides is 1. The Kier molecular flexibility index (Phi) is 8.61. The normalized spacial score (nSPS) is 17.1. The van der Waals surface area contributed by atoms with Gasteiger partial charge in [-0.1, -0.05) is 26.0 Å². The highest BCUT2D eigenvalue weighted by atomic mass is 16.2. The van der Waals surface area contributed by atoms with Crippen molar-refractivity contribution >= 4 is 17.6 Å². The summed E-state index contributed by atoms with van der Waals surface area (Å²) in [6.07, 6.45) is 3.01. The lowest BCUT2D eigenvalue weighted by atomic mass is 10.1. The van der Waals surface area contributed by atoms with Gasteiger partial charge in [0, 0.05) is 57.9 Å². The second kappa shape index (κ2) is 10.9. The molecule has 1 fully saturated rings. The van der Waals surface area contributed by atoms with E-state index in [0.29, 0.717) is 0 Å². The van der Waals surface area contributed by atoms with E-state index in [9.17, 15) is 4.79 Å². The molecular formula is C22H37N5O. The number of nitrogens with one attached hydrogen (secondary N) is 2. The average molecular weight is 388 g/mol. The molecule has 6 heteroatoms. The summed E-state index contributed by atoms with van der Waals surface area (Å²) in [6.45, 7) is 9.21. The number of hydrogen-bond donors (Lipinski definition) is 2. The first-order valence-corrected chi connectivity index (χ1v) is 10.5. The van der Waals surface area contributed by atoms with Gasteiger partial charge in [0.25, 0.3) is 0 Å². The van der Waals surface area contributed by atoms with Crippen molar-refractivity contribution in [2.24, 2.45) is 10.9 Å². The molecule has 1 unspecified atom stereocenters. The molecule has 0 spiro atoms. The SMILES string of the molecule is CCNC(=NCCCc1ccc(N(C)C)cc1)NC1CCN(C(=O)C(C)C)C1. The quantitative estimate of drug-likeness (QED) is 0.409. The third kappa shape index (κ3) is 6.73. The number of anilines is 1. The minimum atomic E-state index is 0.0624. The molecule has 2 rings (SSSR count). The summed E-state index contributed by atoms with van der Waals surface area (Å²) in [5.74, 6) is 1.16. The summed E-state index contributed by atoms with van der Waals surface area (Å²) in [4.78, 5) is 21.0. The number of benzene rings is 1. The van der Waals surface area contributed by atoms with Gasteiger partial charge in [0.1, 0.15) is 0 Å². The second-order valence-corrected chi connectivity index (χ2v) is 7.99. The Labute approximate surface area is 170 Å². The van der Waals surface area contributed by atoms with Crippen molar-refractivity contribution in [1.29, 1.82) is 0 Å². The predicted octanol–water partition coefficient (Wildman–Crippen LogP) is 2.50. The molecule has 156 valence electrons. The van der Waals surface area contributed by atoms with E-state index >= 15 is 0 Å². The molecule has 0 aliphatic carbocycles. The van der Waals surface area contributed by atoms with Crippen LogP contribution in [0, 0.1) is 5.92 Å². The molecule has 1 aliphatic rings. The van der Waals surface area contributed by atoms with Crippen molar-refractivity contribution in [1.82, 2.24) is 15.5 Å². The number of carbonyl (C=O) groups is 1. The molecule has 1 aromatic rings. The van der Waals surface area contributed by atoms with Crippen LogP contribution in [0.15, 0.2) is 29.3 Å². The van der Waals surface area contributed by atoms with Crippen LogP contribution in [-0.2, 0) is 11.2 Å². The minimum absolute atomic E-state index is 0.0624. The van der Waals surface area contributed by atoms with Crippen molar-refractivity contribution in [2.45, 2.75) is 46.1 Å². The first-order valence-electron chi connectivity index (χ1n) is 10.5. The number of rotatable bonds is 8. The number of likely N-dealkylation sites (tertiary alicyclic amines) is 1. The van der Waals surface area contributed by atoms with E-state index in [2.05, 4.69) is 60.8 Å². The number of guanidine groups is 1. The number of carbonyl (C=O) groups excluding carboxylic acids is 1. The smallest absolute Gasteiger partial charge is 0.225 e. The summed E-state index contributed by atoms with van der Waals surface area (Å²) in [5, 5.41) is 6.82. The fourth-order valence-corrected chi connectivity index (χ4v) is 3.39. The van der Waals surface area contributed by atoms with E-state index in [1.54, 1.807) is 0 Å². The first kappa shape index (κ1) is 22.1. The molecule has 1 aliphatic heterocycles. The van der Waals surface area contributed by atoms with Crippen LogP contribution in [0.4, 0.5) is 5.69 Å². The summed E-state index contributed by atoms with van der Waals surface area (Å²) >= 11 is 0. The van der Waals surface area contributed by atoms with Crippen molar-refractivity contribution in [2.75, 3.05) is 45.2 Å². The Bertz CT molecular complexity index is 639. The Morgan fingerprint density at radius 2 is 2.00 bits per heavy atom. The van der Waals surface area contributed by atoms with Gasteiger partial charge < -0.3 is 20.4 Å². The van der Waals surface area contributed by atoms with Gasteiger partial charge in [-0.3, -0.25) is 9.79 Å². The third-order valence-electron chi connectivity index (χ3n) is 5.03. The van der Waals surface area contributed by atoms with Crippen molar-refractivity contribution < 1.29 is 4.79 Å². The fraction of sp³-hybridized carbons (Fsp3) is 0.636. The molecule has 0 bridgehead atoms. The van der Waals surface area contributed by atoms with Crippen LogP contribution >= 0.6 is 0 Å². The van der Waals surface area contributed by atoms with E-state index < -0.39 is 0 Å². The van der Waals surface area contributed by atoms with Gasteiger partial charge in [-0.15, -0.1) is 0 Å². The maximum absolute atomic E-state index is 12.2. The Hall–Kier alpha value is -2.24. The molecule has 1 saturated heterocycles. The fourth-order valence-electron chi connectivity index (χ4n) is 3.39. The molecule has 0 radical (unpaired) electrons. The molecule has 1 heterocycles. The van der Waals surface area contributed by atoms with Crippen molar-refractivity contribution in [3.8, 4) is 0 Å². The zero-order valence-corrected chi connectivity index (χ0v) is 18.2. The third-order valence-corrected chi connectivity index (χ3v) is 5.03. The molecule has 0 saturated carbocycles. The van der Waals surface area contributed by atoms with Gasteiger partial charge in [0.05, 0.1) is 0 Å². The van der Waals surface area contributed by atoms with Gasteiger partial charge in [-0.05, 0) is 43.9 Å². The first-order chi connectivity index (χ1) is 13.4. The minimum Gasteiger partial charge on any atom is -0.378 e. The molecular weight excluding hydrogens is 350 g/mol. The van der Waals surface area contributed by atoms with Gasteiger partial charge in [-0.2, -0.15) is 0 Å². The van der Waals surface area contributed by atoms with E-state index in [1.165, 1.54) is 11.3 Å². The van der Waals surface area contributed by atoms with Crippen molar-refractivity contribution in [3.63, 3.8) is 0 Å². The van der Waals surface area contributed by atoms with E-state index in [1.807, 2.05) is 18.7 Å². The van der Waals surface area contributed by atoms with Crippen LogP contribution in [-0.4, -0.2) is 63.1 Å². The highest BCUT2D eigenvalue weighted by molar-refractivity contribution is 5.81. The molecule has 1 atom stereocenters. The van der Waals surface area contributed by atoms with Crippen LogP contribution in [0.2, 0.25) is 0 Å². The molecule has 28 heavy (non-hydrogen) atoms. The van der Waals surface area contributed by atoms with Crippen LogP contribution in [0.25, 0.3) is 0 Å². The second-order valence-electron chi connectivity index (χ2n) is 7.99. The summed E-state index contributed by atoms with van der Waals surface area (Å²) in [6, 6.07) is 8.99. The van der Waals surface area contributed by atoms with Crippen LogP contribution in [0.5, 0.6) is 0 Å². The highest BCUT2D eigenvalue weighted by Gasteiger charge is 2.27. The number of aliphatic imine (C=N–C) groups is 1. The number of nitrogens with zero attached hydrogens (tertiary/aromatic N) is 3. The van der Waals surface area contributed by atoms with Gasteiger partial charge in [0.2, 0.25) is 5.91 Å². The zero-order chi connectivity index (χ0) is 20.5. The standard InChI is InChI=1S/C22H37N5O/c1-6-23-22(25-19-13-15-27(16-19)21(28)17(2)3)24-14-7-8-18-9-11-20(12-10-18)26(4)5/h9-12,17,19H,6-8,13-16H2,1-5H3,(H2,23,24,25). The lowest BCUT2D eigenvalue weighted by Gasteiger charge is -2.20. The number of aryl methyl sites for hydroxylation is 1. The molecule has 1 amide bonds. The highest BCUT2D eigenvalue weighted by Crippen LogP contribution is 2.14. The maximum atomic E-state index is 12.2. The summed E-state index contributed by atoms with van der Waals surface area (Å²) in [7, 11) is 4.11. The van der Waals surface area contributed by atoms with Crippen LogP contribution in [0.1, 0.15) is 39.2 Å². The largest absolute Gasteiger partial charge is 0.378 e. The Morgan fingerprint density at radius 3 is 2.61 bits per heavy atom. The zero-order valence-electron chi connectivity index (χ0n) is 18.2. The van der Waals surface area contributed by atoms with Gasteiger partial charge in [0.15, 0.2) is 5.96 Å². The van der Waals surface area contributed by atoms with Gasteiger partial charge in [-0.25, -0.2) is 0 Å². The topological polar surface area (TPSA) is 60.0 Å². The molecule has 2 N–H and O–H groups in total. The monoisotopic (exact) mass is 387 g/mol. The maximum Gasteiger partial charge on any atom is 0.225 e. The van der Waals surface area contributed by atoms with Gasteiger partial charge >= 0.3 is 0 Å². The predicted molar refractivity (Wildman–Crippen MR) is 118 cm³/mol. The molecule has 6 nitrogen and oxygen atoms in total. The summed E-state index contributed by atoms with van der Waals surface area (Å²) < 4.78 is 0. The van der Waals surface area contributed by atoms with Crippen LogP contribution < -0.4 is 15.5 Å². The summed E-state index contributed by atoms with van der Waals surface area (Å²) in [5.41, 5.74) is 2.57. The van der Waals surface area contributed by atoms with Crippen LogP contribution in [0.3, 0.4) is 0 Å². The lowest BCUT2D eigenvalue weighted by Crippen LogP contribution is -2.45. The average Bonchev–Trinajstić information content (AvgIpc) is 3.13. The molecule has 1 aromatic carbocycles. The number of hydrogen-bond acceptors (Lipinski definition) is 3. The van der Waals surface area contributed by atoms with E-state index in [0.717, 1.165) is 51.4 Å².